The second-order valence-corrected chi connectivity index (χ2v) is 6.10. The summed E-state index contributed by atoms with van der Waals surface area (Å²) in [6.45, 7) is 10.5. The van der Waals surface area contributed by atoms with Crippen LogP contribution in [0.15, 0.2) is 30.3 Å². The highest BCUT2D eigenvalue weighted by molar-refractivity contribution is 5.15. The minimum Gasteiger partial charge on any atom is -0.313 e. The van der Waals surface area contributed by atoms with E-state index in [1.165, 1.54) is 12.0 Å². The Balaban J connectivity index is 1.97. The molecule has 0 amide bonds. The summed E-state index contributed by atoms with van der Waals surface area (Å²) in [5, 5.41) is 3.59. The molecule has 0 radical (unpaired) electrons. The number of benzene rings is 1. The van der Waals surface area contributed by atoms with Gasteiger partial charge in [-0.3, -0.25) is 4.90 Å². The van der Waals surface area contributed by atoms with Gasteiger partial charge in [0.15, 0.2) is 0 Å². The maximum atomic E-state index is 3.59. The highest BCUT2D eigenvalue weighted by atomic mass is 15.2. The molecule has 1 atom stereocenters. The first-order valence-corrected chi connectivity index (χ1v) is 7.10. The average molecular weight is 246 g/mol. The molecule has 2 heteroatoms. The van der Waals surface area contributed by atoms with E-state index in [9.17, 15) is 0 Å². The van der Waals surface area contributed by atoms with Gasteiger partial charge in [0.1, 0.15) is 0 Å². The molecule has 1 heterocycles. The normalized spacial score (nSPS) is 24.7. The average Bonchev–Trinajstić information content (AvgIpc) is 2.47. The Hall–Kier alpha value is -0.860. The van der Waals surface area contributed by atoms with Crippen LogP contribution in [0.25, 0.3) is 0 Å². The van der Waals surface area contributed by atoms with Gasteiger partial charge in [0.25, 0.3) is 0 Å². The predicted molar refractivity (Wildman–Crippen MR) is 77.9 cm³/mol. The summed E-state index contributed by atoms with van der Waals surface area (Å²) < 4.78 is 0. The quantitative estimate of drug-likeness (QED) is 0.882. The molecular weight excluding hydrogens is 220 g/mol. The van der Waals surface area contributed by atoms with E-state index < -0.39 is 0 Å². The molecule has 1 N–H and O–H groups in total. The number of hydrogen-bond donors (Lipinski definition) is 1. The Labute approximate surface area is 111 Å². The molecule has 1 fully saturated rings. The maximum absolute atomic E-state index is 3.59. The van der Waals surface area contributed by atoms with Gasteiger partial charge in [-0.05, 0) is 45.7 Å². The van der Waals surface area contributed by atoms with Crippen molar-refractivity contribution in [3.8, 4) is 0 Å². The highest BCUT2D eigenvalue weighted by Gasteiger charge is 2.29. The standard InChI is InChI=1S/C16H26N2/c1-14-13-18(16(2,3)10-11-17-14)12-9-15-7-5-4-6-8-15/h4-8,14,17H,9-13H2,1-3H3. The van der Waals surface area contributed by atoms with Gasteiger partial charge in [0, 0.05) is 24.7 Å². The largest absolute Gasteiger partial charge is 0.313 e. The van der Waals surface area contributed by atoms with E-state index in [0.29, 0.717) is 11.6 Å². The Kier molecular flexibility index (Phi) is 4.41. The van der Waals surface area contributed by atoms with Crippen LogP contribution in [-0.4, -0.2) is 36.1 Å². The molecule has 1 saturated heterocycles. The fourth-order valence-electron chi connectivity index (χ4n) is 2.73. The van der Waals surface area contributed by atoms with Crippen molar-refractivity contribution < 1.29 is 0 Å². The number of nitrogens with zero attached hydrogens (tertiary/aromatic N) is 1. The van der Waals surface area contributed by atoms with Crippen molar-refractivity contribution in [2.24, 2.45) is 0 Å². The molecule has 1 aliphatic rings. The molecule has 0 aromatic heterocycles. The van der Waals surface area contributed by atoms with Crippen molar-refractivity contribution in [2.75, 3.05) is 19.6 Å². The summed E-state index contributed by atoms with van der Waals surface area (Å²) in [4.78, 5) is 2.64. The van der Waals surface area contributed by atoms with Gasteiger partial charge >= 0.3 is 0 Å². The summed E-state index contributed by atoms with van der Waals surface area (Å²) >= 11 is 0. The fraction of sp³-hybridized carbons (Fsp3) is 0.625. The lowest BCUT2D eigenvalue weighted by Gasteiger charge is -2.37. The number of nitrogens with one attached hydrogen (secondary N) is 1. The summed E-state index contributed by atoms with van der Waals surface area (Å²) in [7, 11) is 0. The monoisotopic (exact) mass is 246 g/mol. The number of hydrogen-bond acceptors (Lipinski definition) is 2. The van der Waals surface area contributed by atoms with Crippen LogP contribution in [0.2, 0.25) is 0 Å². The molecule has 1 unspecified atom stereocenters. The van der Waals surface area contributed by atoms with Crippen LogP contribution in [0.4, 0.5) is 0 Å². The SMILES string of the molecule is CC1CN(CCc2ccccc2)C(C)(C)CCN1. The molecule has 2 rings (SSSR count). The van der Waals surface area contributed by atoms with Gasteiger partial charge in [0.05, 0.1) is 0 Å². The third kappa shape index (κ3) is 3.56. The van der Waals surface area contributed by atoms with Crippen LogP contribution < -0.4 is 5.32 Å². The predicted octanol–water partition coefficient (Wildman–Crippen LogP) is 2.69. The third-order valence-electron chi connectivity index (χ3n) is 4.09. The molecule has 0 aliphatic carbocycles. The van der Waals surface area contributed by atoms with Crippen molar-refractivity contribution in [3.63, 3.8) is 0 Å². The zero-order valence-corrected chi connectivity index (χ0v) is 11.9. The second-order valence-electron chi connectivity index (χ2n) is 6.10. The van der Waals surface area contributed by atoms with Crippen molar-refractivity contribution in [1.82, 2.24) is 10.2 Å². The first-order valence-electron chi connectivity index (χ1n) is 7.10. The van der Waals surface area contributed by atoms with E-state index in [2.05, 4.69) is 61.3 Å². The Morgan fingerprint density at radius 1 is 1.28 bits per heavy atom. The first kappa shape index (κ1) is 13.6. The zero-order valence-electron chi connectivity index (χ0n) is 11.9. The second kappa shape index (κ2) is 5.85. The lowest BCUT2D eigenvalue weighted by molar-refractivity contribution is 0.122. The molecule has 1 aromatic rings. The molecule has 2 nitrogen and oxygen atoms in total. The van der Waals surface area contributed by atoms with Gasteiger partial charge in [-0.15, -0.1) is 0 Å². The van der Waals surface area contributed by atoms with Crippen LogP contribution in [0.3, 0.4) is 0 Å². The number of rotatable bonds is 3. The van der Waals surface area contributed by atoms with E-state index in [1.54, 1.807) is 0 Å². The summed E-state index contributed by atoms with van der Waals surface area (Å²) in [6, 6.07) is 11.4. The van der Waals surface area contributed by atoms with E-state index >= 15 is 0 Å². The van der Waals surface area contributed by atoms with Crippen LogP contribution in [0, 0.1) is 0 Å². The lowest BCUT2D eigenvalue weighted by atomic mass is 9.97. The molecule has 0 saturated carbocycles. The third-order valence-corrected chi connectivity index (χ3v) is 4.09. The molecular formula is C16H26N2. The summed E-state index contributed by atoms with van der Waals surface area (Å²) in [6.07, 6.45) is 2.38. The summed E-state index contributed by atoms with van der Waals surface area (Å²) in [5.74, 6) is 0. The van der Waals surface area contributed by atoms with E-state index in [4.69, 9.17) is 0 Å². The molecule has 18 heavy (non-hydrogen) atoms. The topological polar surface area (TPSA) is 15.3 Å². The maximum Gasteiger partial charge on any atom is 0.0166 e. The molecule has 1 aromatic carbocycles. The Morgan fingerprint density at radius 3 is 2.72 bits per heavy atom. The molecule has 1 aliphatic heterocycles. The zero-order chi connectivity index (χ0) is 13.0. The molecule has 100 valence electrons. The van der Waals surface area contributed by atoms with Crippen LogP contribution in [0.1, 0.15) is 32.8 Å². The van der Waals surface area contributed by atoms with Gasteiger partial charge in [-0.25, -0.2) is 0 Å². The van der Waals surface area contributed by atoms with Gasteiger partial charge in [-0.2, -0.15) is 0 Å². The van der Waals surface area contributed by atoms with Crippen LogP contribution >= 0.6 is 0 Å². The van der Waals surface area contributed by atoms with Crippen LogP contribution in [-0.2, 0) is 6.42 Å². The van der Waals surface area contributed by atoms with E-state index in [1.807, 2.05) is 0 Å². The smallest absolute Gasteiger partial charge is 0.0166 e. The van der Waals surface area contributed by atoms with E-state index in [0.717, 1.165) is 26.1 Å². The molecule has 0 bridgehead atoms. The van der Waals surface area contributed by atoms with Crippen LogP contribution in [0.5, 0.6) is 0 Å². The Morgan fingerprint density at radius 2 is 2.00 bits per heavy atom. The van der Waals surface area contributed by atoms with Gasteiger partial charge in [-0.1, -0.05) is 30.3 Å². The Bertz CT molecular complexity index is 359. The van der Waals surface area contributed by atoms with E-state index in [-0.39, 0.29) is 0 Å². The van der Waals surface area contributed by atoms with Crippen molar-refractivity contribution in [1.29, 1.82) is 0 Å². The van der Waals surface area contributed by atoms with Crippen molar-refractivity contribution in [3.05, 3.63) is 35.9 Å². The first-order chi connectivity index (χ1) is 8.58. The summed E-state index contributed by atoms with van der Waals surface area (Å²) in [5.41, 5.74) is 1.75. The van der Waals surface area contributed by atoms with Gasteiger partial charge in [0.2, 0.25) is 0 Å². The fourth-order valence-corrected chi connectivity index (χ4v) is 2.73. The molecule has 0 spiro atoms. The van der Waals surface area contributed by atoms with Gasteiger partial charge < -0.3 is 5.32 Å². The highest BCUT2D eigenvalue weighted by Crippen LogP contribution is 2.21. The van der Waals surface area contributed by atoms with Crippen molar-refractivity contribution >= 4 is 0 Å². The minimum absolute atomic E-state index is 0.312. The minimum atomic E-state index is 0.312. The van der Waals surface area contributed by atoms with Crippen molar-refractivity contribution in [2.45, 2.75) is 45.2 Å². The lowest BCUT2D eigenvalue weighted by Crippen LogP contribution is -2.46.